The largest absolute Gasteiger partial charge is 0.469 e. The predicted octanol–water partition coefficient (Wildman–Crippen LogP) is 4.81. The zero-order valence-corrected chi connectivity index (χ0v) is 14.6. The van der Waals surface area contributed by atoms with Gasteiger partial charge in [0.05, 0.1) is 13.5 Å². The first-order chi connectivity index (χ1) is 12.0. The molecule has 1 unspecified atom stereocenters. The van der Waals surface area contributed by atoms with Gasteiger partial charge in [-0.1, -0.05) is 36.5 Å². The summed E-state index contributed by atoms with van der Waals surface area (Å²) in [7, 11) is 1.40. The van der Waals surface area contributed by atoms with Gasteiger partial charge in [-0.3, -0.25) is 4.79 Å². The van der Waals surface area contributed by atoms with Crippen molar-refractivity contribution in [3.63, 3.8) is 0 Å². The molecule has 0 saturated carbocycles. The normalized spacial score (nSPS) is 11.6. The molecule has 0 amide bonds. The minimum atomic E-state index is -0.238. The maximum absolute atomic E-state index is 11.4. The number of methoxy groups -OCH3 is 1. The zero-order chi connectivity index (χ0) is 17.8. The van der Waals surface area contributed by atoms with E-state index in [1.807, 2.05) is 43.3 Å². The van der Waals surface area contributed by atoms with E-state index in [1.165, 1.54) is 12.7 Å². The maximum Gasteiger partial charge on any atom is 0.306 e. The number of hydrogen-bond donors (Lipinski definition) is 0. The molecular weight excluding hydrogens is 312 g/mol. The van der Waals surface area contributed by atoms with E-state index in [1.54, 1.807) is 0 Å². The number of carbonyl (C=O) groups excluding carboxylic acids is 1. The first kappa shape index (κ1) is 16.9. The number of esters is 1. The van der Waals surface area contributed by atoms with Gasteiger partial charge in [0.1, 0.15) is 11.3 Å². The molecular formula is C22H20O3. The first-order valence-electron chi connectivity index (χ1n) is 8.24. The van der Waals surface area contributed by atoms with Gasteiger partial charge in [-0.2, -0.15) is 0 Å². The zero-order valence-electron chi connectivity index (χ0n) is 14.6. The van der Waals surface area contributed by atoms with E-state index < -0.39 is 0 Å². The molecule has 1 aromatic heterocycles. The Labute approximate surface area is 147 Å². The van der Waals surface area contributed by atoms with Crippen LogP contribution in [0.1, 0.15) is 41.7 Å². The highest BCUT2D eigenvalue weighted by molar-refractivity contribution is 5.80. The molecule has 0 aliphatic rings. The maximum atomic E-state index is 11.4. The predicted molar refractivity (Wildman–Crippen MR) is 98.4 cm³/mol. The monoisotopic (exact) mass is 332 g/mol. The van der Waals surface area contributed by atoms with Gasteiger partial charge >= 0.3 is 5.97 Å². The topological polar surface area (TPSA) is 39.4 Å². The van der Waals surface area contributed by atoms with Crippen molar-refractivity contribution in [2.75, 3.05) is 7.11 Å². The van der Waals surface area contributed by atoms with E-state index in [9.17, 15) is 4.79 Å². The van der Waals surface area contributed by atoms with Crippen LogP contribution in [0, 0.1) is 18.8 Å². The summed E-state index contributed by atoms with van der Waals surface area (Å²) in [5, 5.41) is 0.988. The summed E-state index contributed by atoms with van der Waals surface area (Å²) in [6.07, 6.45) is 0.302. The van der Waals surface area contributed by atoms with Crippen LogP contribution in [0.15, 0.2) is 52.9 Å². The van der Waals surface area contributed by atoms with Gasteiger partial charge in [0.25, 0.3) is 0 Å². The molecule has 3 heteroatoms. The molecule has 1 heterocycles. The molecule has 3 aromatic rings. The van der Waals surface area contributed by atoms with Gasteiger partial charge in [-0.15, -0.1) is 0 Å². The minimum Gasteiger partial charge on any atom is -0.469 e. The third-order valence-corrected chi connectivity index (χ3v) is 4.12. The fourth-order valence-electron chi connectivity index (χ4n) is 2.60. The van der Waals surface area contributed by atoms with Crippen molar-refractivity contribution >= 4 is 16.9 Å². The lowest BCUT2D eigenvalue weighted by Gasteiger charge is -2.05. The van der Waals surface area contributed by atoms with Crippen LogP contribution in [-0.4, -0.2) is 13.1 Å². The van der Waals surface area contributed by atoms with E-state index in [4.69, 9.17) is 9.15 Å². The fourth-order valence-corrected chi connectivity index (χ4v) is 2.60. The van der Waals surface area contributed by atoms with Crippen molar-refractivity contribution < 1.29 is 13.9 Å². The lowest BCUT2D eigenvalue weighted by molar-refractivity contribution is -0.141. The molecule has 25 heavy (non-hydrogen) atoms. The molecule has 126 valence electrons. The summed E-state index contributed by atoms with van der Waals surface area (Å²) >= 11 is 0. The number of ether oxygens (including phenoxy) is 1. The Morgan fingerprint density at radius 1 is 1.08 bits per heavy atom. The number of hydrogen-bond acceptors (Lipinski definition) is 3. The van der Waals surface area contributed by atoms with Gasteiger partial charge in [0.15, 0.2) is 0 Å². The highest BCUT2D eigenvalue weighted by atomic mass is 16.5. The van der Waals surface area contributed by atoms with Crippen LogP contribution in [0.3, 0.4) is 0 Å². The fraction of sp³-hybridized carbons (Fsp3) is 0.227. The van der Waals surface area contributed by atoms with E-state index in [2.05, 4.69) is 30.9 Å². The van der Waals surface area contributed by atoms with Gasteiger partial charge < -0.3 is 9.15 Å². The standard InChI is InChI=1S/C22H20O3/c1-15-4-6-17(7-5-15)8-9-18-10-11-20-19(13-18)14-21(25-20)16(2)12-22(23)24-3/h4-7,10-11,13-14,16H,12H2,1-3H3. The Balaban J connectivity index is 1.83. The van der Waals surface area contributed by atoms with Crippen molar-refractivity contribution in [3.8, 4) is 11.8 Å². The Kier molecular flexibility index (Phi) is 4.90. The second kappa shape index (κ2) is 7.27. The highest BCUT2D eigenvalue weighted by Crippen LogP contribution is 2.27. The third kappa shape index (κ3) is 4.10. The highest BCUT2D eigenvalue weighted by Gasteiger charge is 2.16. The summed E-state index contributed by atoms with van der Waals surface area (Å²) in [5.41, 5.74) is 3.94. The second-order valence-electron chi connectivity index (χ2n) is 6.20. The van der Waals surface area contributed by atoms with Crippen LogP contribution in [0.4, 0.5) is 0 Å². The van der Waals surface area contributed by atoms with Crippen molar-refractivity contribution in [2.24, 2.45) is 0 Å². The summed E-state index contributed by atoms with van der Waals surface area (Å²) in [5.74, 6) is 6.88. The van der Waals surface area contributed by atoms with Crippen LogP contribution in [0.2, 0.25) is 0 Å². The summed E-state index contributed by atoms with van der Waals surface area (Å²) in [4.78, 5) is 11.4. The second-order valence-corrected chi connectivity index (χ2v) is 6.20. The van der Waals surface area contributed by atoms with Crippen LogP contribution in [0.25, 0.3) is 11.0 Å². The van der Waals surface area contributed by atoms with Crippen molar-refractivity contribution in [1.82, 2.24) is 0 Å². The molecule has 0 fully saturated rings. The van der Waals surface area contributed by atoms with Crippen LogP contribution in [0.5, 0.6) is 0 Å². The molecule has 2 aromatic carbocycles. The Morgan fingerprint density at radius 3 is 2.48 bits per heavy atom. The molecule has 1 atom stereocenters. The summed E-state index contributed by atoms with van der Waals surface area (Å²) < 4.78 is 10.6. The molecule has 0 saturated heterocycles. The van der Waals surface area contributed by atoms with Crippen LogP contribution >= 0.6 is 0 Å². The number of aryl methyl sites for hydroxylation is 1. The lowest BCUT2D eigenvalue weighted by atomic mass is 10.0. The van der Waals surface area contributed by atoms with Crippen LogP contribution < -0.4 is 0 Å². The molecule has 0 radical (unpaired) electrons. The molecule has 0 bridgehead atoms. The lowest BCUT2D eigenvalue weighted by Crippen LogP contribution is -2.05. The summed E-state index contributed by atoms with van der Waals surface area (Å²) in [6.45, 7) is 4.01. The number of carbonyl (C=O) groups is 1. The number of fused-ring (bicyclic) bond motifs is 1. The molecule has 0 spiro atoms. The average Bonchev–Trinajstić information content (AvgIpc) is 3.04. The molecule has 3 nitrogen and oxygen atoms in total. The average molecular weight is 332 g/mol. The van der Waals surface area contributed by atoms with Gasteiger partial charge in [-0.05, 0) is 43.3 Å². The van der Waals surface area contributed by atoms with Crippen molar-refractivity contribution in [1.29, 1.82) is 0 Å². The quantitative estimate of drug-likeness (QED) is 0.510. The minimum absolute atomic E-state index is 0.0260. The van der Waals surface area contributed by atoms with E-state index in [-0.39, 0.29) is 11.9 Å². The Bertz CT molecular complexity index is 952. The van der Waals surface area contributed by atoms with Crippen molar-refractivity contribution in [2.45, 2.75) is 26.2 Å². The molecule has 3 rings (SSSR count). The number of rotatable bonds is 3. The smallest absolute Gasteiger partial charge is 0.306 e. The molecule has 0 N–H and O–H groups in total. The van der Waals surface area contributed by atoms with Crippen molar-refractivity contribution in [3.05, 3.63) is 71.0 Å². The van der Waals surface area contributed by atoms with E-state index in [0.717, 1.165) is 27.9 Å². The van der Waals surface area contributed by atoms with Gasteiger partial charge in [0.2, 0.25) is 0 Å². The Hall–Kier alpha value is -2.99. The van der Waals surface area contributed by atoms with E-state index in [0.29, 0.717) is 6.42 Å². The number of benzene rings is 2. The van der Waals surface area contributed by atoms with Gasteiger partial charge in [0, 0.05) is 22.4 Å². The third-order valence-electron chi connectivity index (χ3n) is 4.12. The first-order valence-corrected chi connectivity index (χ1v) is 8.24. The van der Waals surface area contributed by atoms with Crippen LogP contribution in [-0.2, 0) is 9.53 Å². The SMILES string of the molecule is COC(=O)CC(C)c1cc2cc(C#Cc3ccc(C)cc3)ccc2o1. The van der Waals surface area contributed by atoms with Gasteiger partial charge in [-0.25, -0.2) is 0 Å². The number of furan rings is 1. The molecule has 0 aliphatic heterocycles. The molecule has 0 aliphatic carbocycles. The summed E-state index contributed by atoms with van der Waals surface area (Å²) in [6, 6.07) is 16.0. The Morgan fingerprint density at radius 2 is 1.76 bits per heavy atom. The van der Waals surface area contributed by atoms with E-state index >= 15 is 0 Å².